The lowest BCUT2D eigenvalue weighted by molar-refractivity contribution is -0.123. The van der Waals surface area contributed by atoms with Crippen LogP contribution in [0, 0.1) is 24.2 Å². The Morgan fingerprint density at radius 3 is 2.33 bits per heavy atom. The van der Waals surface area contributed by atoms with Crippen LogP contribution in [0.1, 0.15) is 25.3 Å². The van der Waals surface area contributed by atoms with Crippen LogP contribution in [0.5, 0.6) is 0 Å². The number of rotatable bonds is 6. The van der Waals surface area contributed by atoms with E-state index >= 15 is 0 Å². The van der Waals surface area contributed by atoms with Gasteiger partial charge in [0, 0.05) is 26.2 Å². The first kappa shape index (κ1) is 19.8. The quantitative estimate of drug-likeness (QED) is 0.785. The maximum Gasteiger partial charge on any atom is 0.243 e. The number of nitrogens with one attached hydrogen (secondary N) is 1. The number of amides is 1. The number of carbonyl (C=O) groups excluding carboxylic acids is 1. The largest absolute Gasteiger partial charge is 0.337 e. The average Bonchev–Trinajstić information content (AvgIpc) is 3.48. The molecule has 1 aliphatic heterocycles. The number of nitrogens with zero attached hydrogens (tertiary/aromatic N) is 3. The van der Waals surface area contributed by atoms with Gasteiger partial charge in [0.15, 0.2) is 0 Å². The standard InChI is InChI=1S/C19H26N4O3S/c1-15-3-7-17(8-4-15)27(25,26)23-11-9-22(10-12-23)13-18(24)21-19(2,14-20)16-5-6-16/h3-4,7-8,16H,5-6,9-13H2,1-2H3,(H,21,24)/t19-/m0/s1. The van der Waals surface area contributed by atoms with Crippen LogP contribution >= 0.6 is 0 Å². The Balaban J connectivity index is 1.53. The third-order valence-corrected chi connectivity index (χ3v) is 7.30. The Kier molecular flexibility index (Phi) is 5.56. The highest BCUT2D eigenvalue weighted by molar-refractivity contribution is 7.89. The molecule has 1 aliphatic carbocycles. The summed E-state index contributed by atoms with van der Waals surface area (Å²) in [5.74, 6) is 0.0590. The van der Waals surface area contributed by atoms with Crippen LogP contribution in [0.3, 0.4) is 0 Å². The summed E-state index contributed by atoms with van der Waals surface area (Å²) in [6.07, 6.45) is 1.94. The van der Waals surface area contributed by atoms with Crippen molar-refractivity contribution in [2.45, 2.75) is 37.1 Å². The number of piperazine rings is 1. The Bertz CT molecular complexity index is 835. The van der Waals surface area contributed by atoms with Crippen LogP contribution < -0.4 is 5.32 Å². The minimum absolute atomic E-state index is 0.180. The fraction of sp³-hybridized carbons (Fsp3) is 0.579. The molecule has 1 aromatic carbocycles. The Hall–Kier alpha value is -1.95. The summed E-state index contributed by atoms with van der Waals surface area (Å²) < 4.78 is 26.9. The summed E-state index contributed by atoms with van der Waals surface area (Å²) in [4.78, 5) is 14.5. The van der Waals surface area contributed by atoms with E-state index in [4.69, 9.17) is 0 Å². The zero-order valence-electron chi connectivity index (χ0n) is 15.8. The van der Waals surface area contributed by atoms with Crippen molar-refractivity contribution in [3.63, 3.8) is 0 Å². The molecule has 0 aromatic heterocycles. The third kappa shape index (κ3) is 4.49. The van der Waals surface area contributed by atoms with E-state index < -0.39 is 15.6 Å². The van der Waals surface area contributed by atoms with Gasteiger partial charge in [-0.05, 0) is 44.7 Å². The maximum atomic E-state index is 12.7. The lowest BCUT2D eigenvalue weighted by Crippen LogP contribution is -2.54. The van der Waals surface area contributed by atoms with E-state index in [1.807, 2.05) is 11.8 Å². The lowest BCUT2D eigenvalue weighted by Gasteiger charge is -2.34. The van der Waals surface area contributed by atoms with Gasteiger partial charge in [-0.3, -0.25) is 9.69 Å². The van der Waals surface area contributed by atoms with Gasteiger partial charge in [0.25, 0.3) is 0 Å². The summed E-state index contributed by atoms with van der Waals surface area (Å²) in [5, 5.41) is 12.2. The van der Waals surface area contributed by atoms with E-state index in [0.29, 0.717) is 31.1 Å². The van der Waals surface area contributed by atoms with Crippen molar-refractivity contribution < 1.29 is 13.2 Å². The molecular weight excluding hydrogens is 364 g/mol. The van der Waals surface area contributed by atoms with Crippen LogP contribution in [0.4, 0.5) is 0 Å². The van der Waals surface area contributed by atoms with Crippen LogP contribution in [-0.4, -0.2) is 61.8 Å². The molecule has 0 radical (unpaired) electrons. The maximum absolute atomic E-state index is 12.7. The van der Waals surface area contributed by atoms with Gasteiger partial charge >= 0.3 is 0 Å². The highest BCUT2D eigenvalue weighted by Gasteiger charge is 2.43. The van der Waals surface area contributed by atoms with Crippen LogP contribution in [0.15, 0.2) is 29.2 Å². The van der Waals surface area contributed by atoms with Crippen molar-refractivity contribution in [1.82, 2.24) is 14.5 Å². The minimum Gasteiger partial charge on any atom is -0.337 e. The van der Waals surface area contributed by atoms with Gasteiger partial charge in [0.2, 0.25) is 15.9 Å². The van der Waals surface area contributed by atoms with Gasteiger partial charge in [-0.1, -0.05) is 17.7 Å². The second-order valence-electron chi connectivity index (χ2n) is 7.63. The third-order valence-electron chi connectivity index (χ3n) is 5.38. The fourth-order valence-corrected chi connectivity index (χ4v) is 4.82. The van der Waals surface area contributed by atoms with E-state index in [0.717, 1.165) is 18.4 Å². The van der Waals surface area contributed by atoms with E-state index in [1.54, 1.807) is 31.2 Å². The molecule has 1 atom stereocenters. The fourth-order valence-electron chi connectivity index (χ4n) is 3.40. The first-order valence-electron chi connectivity index (χ1n) is 9.26. The topological polar surface area (TPSA) is 93.5 Å². The number of carbonyl (C=O) groups is 1. The smallest absolute Gasteiger partial charge is 0.243 e. The average molecular weight is 391 g/mol. The molecular formula is C19H26N4O3S. The lowest BCUT2D eigenvalue weighted by atomic mass is 9.98. The number of nitriles is 1. The van der Waals surface area contributed by atoms with Crippen molar-refractivity contribution in [1.29, 1.82) is 5.26 Å². The van der Waals surface area contributed by atoms with E-state index in [-0.39, 0.29) is 18.4 Å². The summed E-state index contributed by atoms with van der Waals surface area (Å²) >= 11 is 0. The molecule has 3 rings (SSSR count). The molecule has 1 amide bonds. The summed E-state index contributed by atoms with van der Waals surface area (Å²) in [5.41, 5.74) is 0.216. The zero-order chi connectivity index (χ0) is 19.7. The first-order valence-corrected chi connectivity index (χ1v) is 10.7. The first-order chi connectivity index (χ1) is 12.7. The van der Waals surface area contributed by atoms with Crippen molar-refractivity contribution in [3.05, 3.63) is 29.8 Å². The molecule has 0 unspecified atom stereocenters. The molecule has 146 valence electrons. The molecule has 1 N–H and O–H groups in total. The normalized spacial score (nSPS) is 21.2. The van der Waals surface area contributed by atoms with E-state index in [9.17, 15) is 18.5 Å². The molecule has 0 bridgehead atoms. The molecule has 2 fully saturated rings. The molecule has 8 heteroatoms. The highest BCUT2D eigenvalue weighted by atomic mass is 32.2. The number of sulfonamides is 1. The van der Waals surface area contributed by atoms with Crippen LogP contribution in [-0.2, 0) is 14.8 Å². The molecule has 2 aliphatic rings. The van der Waals surface area contributed by atoms with Gasteiger partial charge in [-0.25, -0.2) is 8.42 Å². The van der Waals surface area contributed by atoms with Gasteiger partial charge in [0.1, 0.15) is 5.54 Å². The monoisotopic (exact) mass is 390 g/mol. The molecule has 27 heavy (non-hydrogen) atoms. The Morgan fingerprint density at radius 2 is 1.81 bits per heavy atom. The predicted molar refractivity (Wildman–Crippen MR) is 101 cm³/mol. The molecule has 1 aromatic rings. The summed E-state index contributed by atoms with van der Waals surface area (Å²) in [6.45, 7) is 5.55. The zero-order valence-corrected chi connectivity index (χ0v) is 16.6. The van der Waals surface area contributed by atoms with Crippen molar-refractivity contribution in [3.8, 4) is 6.07 Å². The summed E-state index contributed by atoms with van der Waals surface area (Å²) in [6, 6.07) is 9.06. The van der Waals surface area contributed by atoms with E-state index in [1.165, 1.54) is 4.31 Å². The number of hydrogen-bond donors (Lipinski definition) is 1. The predicted octanol–water partition coefficient (Wildman–Crippen LogP) is 1.11. The molecule has 7 nitrogen and oxygen atoms in total. The van der Waals surface area contributed by atoms with Crippen LogP contribution in [0.25, 0.3) is 0 Å². The number of aryl methyl sites for hydroxylation is 1. The highest BCUT2D eigenvalue weighted by Crippen LogP contribution is 2.39. The van der Waals surface area contributed by atoms with Crippen LogP contribution in [0.2, 0.25) is 0 Å². The molecule has 0 spiro atoms. The Labute approximate surface area is 161 Å². The molecule has 1 saturated carbocycles. The van der Waals surface area contributed by atoms with Gasteiger partial charge in [0.05, 0.1) is 17.5 Å². The van der Waals surface area contributed by atoms with E-state index in [2.05, 4.69) is 11.4 Å². The SMILES string of the molecule is Cc1ccc(S(=O)(=O)N2CCN(CC(=O)N[C@@](C)(C#N)C3CC3)CC2)cc1. The minimum atomic E-state index is -3.50. The molecule has 1 saturated heterocycles. The number of hydrogen-bond acceptors (Lipinski definition) is 5. The van der Waals surface area contributed by atoms with Crippen molar-refractivity contribution in [2.75, 3.05) is 32.7 Å². The van der Waals surface area contributed by atoms with Gasteiger partial charge in [-0.15, -0.1) is 0 Å². The number of benzene rings is 1. The second-order valence-corrected chi connectivity index (χ2v) is 9.57. The van der Waals surface area contributed by atoms with Crippen molar-refractivity contribution in [2.24, 2.45) is 5.92 Å². The summed E-state index contributed by atoms with van der Waals surface area (Å²) in [7, 11) is -3.50. The Morgan fingerprint density at radius 1 is 1.22 bits per heavy atom. The second kappa shape index (κ2) is 7.58. The molecule has 1 heterocycles. The van der Waals surface area contributed by atoms with Crippen molar-refractivity contribution >= 4 is 15.9 Å². The van der Waals surface area contributed by atoms with Gasteiger partial charge in [-0.2, -0.15) is 9.57 Å². The van der Waals surface area contributed by atoms with Gasteiger partial charge < -0.3 is 5.32 Å².